The van der Waals surface area contributed by atoms with Gasteiger partial charge in [-0.1, -0.05) is 115 Å². The number of allylic oxidation sites excluding steroid dienone is 2. The fourth-order valence-electron chi connectivity index (χ4n) is 3.94. The lowest BCUT2D eigenvalue weighted by Crippen LogP contribution is -2.13. The molecule has 3 aromatic rings. The van der Waals surface area contributed by atoms with Gasteiger partial charge in [-0.25, -0.2) is 0 Å². The van der Waals surface area contributed by atoms with Gasteiger partial charge in [-0.2, -0.15) is 0 Å². The number of carbonyl (C=O) groups excluding carboxylic acids is 1. The number of thioether (sulfide) groups is 2. The van der Waals surface area contributed by atoms with E-state index in [2.05, 4.69) is 66.7 Å². The van der Waals surface area contributed by atoms with Gasteiger partial charge in [0, 0.05) is 21.0 Å². The van der Waals surface area contributed by atoms with Crippen LogP contribution in [-0.2, 0) is 4.79 Å². The molecule has 152 valence electrons. The van der Waals surface area contributed by atoms with E-state index >= 15 is 0 Å². The van der Waals surface area contributed by atoms with Gasteiger partial charge in [-0.05, 0) is 42.0 Å². The summed E-state index contributed by atoms with van der Waals surface area (Å²) in [7, 11) is 0. The van der Waals surface area contributed by atoms with Gasteiger partial charge in [0.1, 0.15) is 0 Å². The maximum atomic E-state index is 13.4. The summed E-state index contributed by atoms with van der Waals surface area (Å²) in [4.78, 5) is 15.9. The molecule has 1 nitrogen and oxygen atoms in total. The summed E-state index contributed by atoms with van der Waals surface area (Å²) in [6, 6.07) is 31.2. The van der Waals surface area contributed by atoms with E-state index in [1.54, 1.807) is 23.5 Å². The zero-order chi connectivity index (χ0) is 21.0. The third-order valence-corrected chi connectivity index (χ3v) is 8.27. The number of carbonyl (C=O) groups is 1. The summed E-state index contributed by atoms with van der Waals surface area (Å²) in [5.41, 5.74) is 5.41. The Morgan fingerprint density at radius 3 is 1.71 bits per heavy atom. The molecule has 0 bridgehead atoms. The summed E-state index contributed by atoms with van der Waals surface area (Å²) in [6.07, 6.45) is 4.79. The van der Waals surface area contributed by atoms with E-state index in [1.165, 1.54) is 20.9 Å². The molecule has 0 N–H and O–H groups in total. The first-order valence-corrected chi connectivity index (χ1v) is 12.2. The van der Waals surface area contributed by atoms with E-state index in [1.807, 2.05) is 30.3 Å². The Morgan fingerprint density at radius 2 is 1.16 bits per heavy atom. The Hall–Kier alpha value is -2.75. The van der Waals surface area contributed by atoms with Crippen molar-refractivity contribution in [2.45, 2.75) is 19.3 Å². The minimum Gasteiger partial charge on any atom is -0.289 e. The molecule has 0 unspecified atom stereocenters. The van der Waals surface area contributed by atoms with Crippen LogP contribution in [0.2, 0.25) is 0 Å². The monoisotopic (exact) mass is 438 g/mol. The Balaban J connectivity index is 1.53. The lowest BCUT2D eigenvalue weighted by Gasteiger charge is -2.18. The van der Waals surface area contributed by atoms with Crippen molar-refractivity contribution in [2.75, 3.05) is 0 Å². The average Bonchev–Trinajstić information content (AvgIpc) is 3.28. The van der Waals surface area contributed by atoms with Crippen molar-refractivity contribution in [1.82, 2.24) is 0 Å². The predicted octanol–water partition coefficient (Wildman–Crippen LogP) is 8.04. The molecule has 1 saturated carbocycles. The lowest BCUT2D eigenvalue weighted by molar-refractivity contribution is -0.112. The van der Waals surface area contributed by atoms with E-state index in [9.17, 15) is 4.79 Å². The molecule has 5 rings (SSSR count). The van der Waals surface area contributed by atoms with Gasteiger partial charge in [0.15, 0.2) is 5.78 Å². The Bertz CT molecular complexity index is 1140. The van der Waals surface area contributed by atoms with Crippen LogP contribution in [0.25, 0.3) is 15.9 Å². The number of hydrogen-bond acceptors (Lipinski definition) is 3. The normalized spacial score (nSPS) is 18.2. The SMILES string of the molecule is O=C1C(=Cc2ccccc2)CCCC1=C1SC(c2ccccc2)=C(c2ccccc2)S1. The van der Waals surface area contributed by atoms with E-state index in [4.69, 9.17) is 0 Å². The van der Waals surface area contributed by atoms with Gasteiger partial charge in [0.2, 0.25) is 0 Å². The molecule has 3 aromatic carbocycles. The first-order valence-electron chi connectivity index (χ1n) is 10.5. The Labute approximate surface area is 192 Å². The van der Waals surface area contributed by atoms with Crippen molar-refractivity contribution in [1.29, 1.82) is 0 Å². The minimum absolute atomic E-state index is 0.215. The molecule has 1 fully saturated rings. The molecule has 31 heavy (non-hydrogen) atoms. The first kappa shape index (κ1) is 20.2. The van der Waals surface area contributed by atoms with Crippen LogP contribution in [0.5, 0.6) is 0 Å². The minimum atomic E-state index is 0.215. The zero-order valence-corrected chi connectivity index (χ0v) is 18.7. The highest BCUT2D eigenvalue weighted by molar-refractivity contribution is 8.34. The fourth-order valence-corrected chi connectivity index (χ4v) is 6.79. The van der Waals surface area contributed by atoms with Gasteiger partial charge >= 0.3 is 0 Å². The van der Waals surface area contributed by atoms with Crippen LogP contribution in [0.15, 0.2) is 106 Å². The van der Waals surface area contributed by atoms with Gasteiger partial charge in [0.25, 0.3) is 0 Å². The number of Topliss-reactive ketones (excluding diaryl/α,β-unsaturated/α-hetero) is 1. The average molecular weight is 439 g/mol. The lowest BCUT2D eigenvalue weighted by atomic mass is 9.89. The third kappa shape index (κ3) is 4.34. The molecule has 1 aliphatic heterocycles. The summed E-state index contributed by atoms with van der Waals surface area (Å²) in [6.45, 7) is 0. The second kappa shape index (κ2) is 9.17. The maximum Gasteiger partial charge on any atom is 0.186 e. The molecule has 0 radical (unpaired) electrons. The summed E-state index contributed by atoms with van der Waals surface area (Å²) < 4.78 is 1.14. The van der Waals surface area contributed by atoms with Gasteiger partial charge < -0.3 is 0 Å². The van der Waals surface area contributed by atoms with Crippen LogP contribution in [0.4, 0.5) is 0 Å². The summed E-state index contributed by atoms with van der Waals surface area (Å²) in [5, 5.41) is 0. The molecule has 1 aliphatic carbocycles. The molecule has 0 atom stereocenters. The molecule has 1 heterocycles. The zero-order valence-electron chi connectivity index (χ0n) is 17.1. The van der Waals surface area contributed by atoms with Crippen molar-refractivity contribution in [3.8, 4) is 0 Å². The molecular weight excluding hydrogens is 416 g/mol. The highest BCUT2D eigenvalue weighted by atomic mass is 32.2. The quantitative estimate of drug-likeness (QED) is 0.385. The highest BCUT2D eigenvalue weighted by Crippen LogP contribution is 2.59. The smallest absolute Gasteiger partial charge is 0.186 e. The fraction of sp³-hybridized carbons (Fsp3) is 0.107. The third-order valence-electron chi connectivity index (χ3n) is 5.49. The van der Waals surface area contributed by atoms with Gasteiger partial charge in [-0.3, -0.25) is 4.79 Å². The molecule has 0 aromatic heterocycles. The van der Waals surface area contributed by atoms with Crippen molar-refractivity contribution >= 4 is 45.2 Å². The van der Waals surface area contributed by atoms with Crippen LogP contribution in [0.3, 0.4) is 0 Å². The summed E-state index contributed by atoms with van der Waals surface area (Å²) >= 11 is 3.52. The number of rotatable bonds is 3. The van der Waals surface area contributed by atoms with E-state index in [-0.39, 0.29) is 5.78 Å². The predicted molar refractivity (Wildman–Crippen MR) is 135 cm³/mol. The van der Waals surface area contributed by atoms with Crippen LogP contribution >= 0.6 is 23.5 Å². The highest BCUT2D eigenvalue weighted by Gasteiger charge is 2.30. The summed E-state index contributed by atoms with van der Waals surface area (Å²) in [5.74, 6) is 0.215. The molecule has 0 amide bonds. The molecule has 0 spiro atoms. The standard InChI is InChI=1S/C28H22OS2/c29-25-23(19-20-11-4-1-5-12-20)17-10-18-24(25)28-30-26(21-13-6-2-7-14-21)27(31-28)22-15-8-3-9-16-22/h1-9,11-16,19H,10,17-18H2. The van der Waals surface area contributed by atoms with Gasteiger partial charge in [-0.15, -0.1) is 0 Å². The second-order valence-electron chi connectivity index (χ2n) is 7.62. The maximum absolute atomic E-state index is 13.4. The Morgan fingerprint density at radius 1 is 0.645 bits per heavy atom. The second-order valence-corrected chi connectivity index (χ2v) is 9.92. The first-order chi connectivity index (χ1) is 15.3. The van der Waals surface area contributed by atoms with Crippen molar-refractivity contribution in [3.63, 3.8) is 0 Å². The van der Waals surface area contributed by atoms with Crippen LogP contribution < -0.4 is 0 Å². The van der Waals surface area contributed by atoms with Crippen molar-refractivity contribution in [2.24, 2.45) is 0 Å². The largest absolute Gasteiger partial charge is 0.289 e. The van der Waals surface area contributed by atoms with Gasteiger partial charge in [0.05, 0.1) is 4.24 Å². The molecule has 2 aliphatic rings. The van der Waals surface area contributed by atoms with E-state index < -0.39 is 0 Å². The van der Waals surface area contributed by atoms with Crippen LogP contribution in [0, 0.1) is 0 Å². The topological polar surface area (TPSA) is 17.1 Å². The van der Waals surface area contributed by atoms with E-state index in [0.717, 1.165) is 40.2 Å². The Kier molecular flexibility index (Phi) is 5.97. The molecule has 3 heteroatoms. The number of ketones is 1. The van der Waals surface area contributed by atoms with Crippen molar-refractivity contribution < 1.29 is 4.79 Å². The van der Waals surface area contributed by atoms with E-state index in [0.29, 0.717) is 0 Å². The van der Waals surface area contributed by atoms with Crippen LogP contribution in [-0.4, -0.2) is 5.78 Å². The molecule has 0 saturated heterocycles. The number of hydrogen-bond donors (Lipinski definition) is 0. The number of benzene rings is 3. The van der Waals surface area contributed by atoms with Crippen molar-refractivity contribution in [3.05, 3.63) is 123 Å². The molecular formula is C28H22OS2. The van der Waals surface area contributed by atoms with Crippen LogP contribution in [0.1, 0.15) is 36.0 Å².